The van der Waals surface area contributed by atoms with Crippen LogP contribution in [0.3, 0.4) is 0 Å². The van der Waals surface area contributed by atoms with E-state index in [0.717, 1.165) is 12.8 Å². The van der Waals surface area contributed by atoms with E-state index in [2.05, 4.69) is 16.6 Å². The monoisotopic (exact) mass is 315 g/mol. The Balaban J connectivity index is 2.22. The van der Waals surface area contributed by atoms with Crippen LogP contribution in [0.4, 0.5) is 23.7 Å². The number of hydrogen-bond donors (Lipinski definition) is 0. The van der Waals surface area contributed by atoms with Crippen molar-refractivity contribution in [2.75, 3.05) is 4.42 Å². The third-order valence-corrected chi connectivity index (χ3v) is 3.64. The Bertz CT molecular complexity index is 660. The second kappa shape index (κ2) is 4.57. The molecule has 1 amide bonds. The molecular weight excluding hydrogens is 307 g/mol. The molecule has 110 valence electrons. The summed E-state index contributed by atoms with van der Waals surface area (Å²) in [7, 11) is 0. The van der Waals surface area contributed by atoms with Crippen molar-refractivity contribution in [2.24, 2.45) is 5.92 Å². The summed E-state index contributed by atoms with van der Waals surface area (Å²) in [6.45, 7) is 0. The summed E-state index contributed by atoms with van der Waals surface area (Å²) in [5, 5.41) is 0. The number of carbonyl (C=O) groups excluding carboxylic acids is 1. The average molecular weight is 316 g/mol. The van der Waals surface area contributed by atoms with Crippen molar-refractivity contribution in [1.82, 2.24) is 0 Å². The van der Waals surface area contributed by atoms with E-state index in [1.807, 2.05) is 0 Å². The normalized spacial score (nSPS) is 24.8. The van der Waals surface area contributed by atoms with Gasteiger partial charge in [0.25, 0.3) is 5.60 Å². The van der Waals surface area contributed by atoms with Gasteiger partial charge in [-0.3, -0.25) is 0 Å². The Morgan fingerprint density at radius 2 is 2.00 bits per heavy atom. The molecule has 0 saturated heterocycles. The maximum Gasteiger partial charge on any atom is 0.445 e. The van der Waals surface area contributed by atoms with Gasteiger partial charge in [-0.1, -0.05) is 24.1 Å². The predicted molar refractivity (Wildman–Crippen MR) is 69.5 cm³/mol. The standard InChI is InChI=1S/C14H9ClF3NO2/c15-19-11-4-2-1-3-10(11)13(14(16,17)18,21-12(19)20)8-7-9-5-6-9/h1-4,9H,5-6H2. The number of cyclic esters (lactones) is 1. The third kappa shape index (κ3) is 2.22. The van der Waals surface area contributed by atoms with Gasteiger partial charge in [-0.05, 0) is 24.8 Å². The predicted octanol–water partition coefficient (Wildman–Crippen LogP) is 3.97. The van der Waals surface area contributed by atoms with Crippen LogP contribution in [0, 0.1) is 17.8 Å². The van der Waals surface area contributed by atoms with Crippen LogP contribution in [-0.4, -0.2) is 12.3 Å². The van der Waals surface area contributed by atoms with Crippen LogP contribution >= 0.6 is 11.8 Å². The molecule has 0 aromatic heterocycles. The third-order valence-electron chi connectivity index (χ3n) is 3.32. The van der Waals surface area contributed by atoms with Crippen LogP contribution in [0.25, 0.3) is 0 Å². The lowest BCUT2D eigenvalue weighted by Gasteiger charge is -2.37. The van der Waals surface area contributed by atoms with E-state index in [9.17, 15) is 18.0 Å². The van der Waals surface area contributed by atoms with Gasteiger partial charge in [0.1, 0.15) is 0 Å². The van der Waals surface area contributed by atoms with E-state index in [-0.39, 0.29) is 17.2 Å². The molecule has 1 saturated carbocycles. The van der Waals surface area contributed by atoms with Gasteiger partial charge >= 0.3 is 12.3 Å². The van der Waals surface area contributed by atoms with Crippen LogP contribution in [0.15, 0.2) is 24.3 Å². The maximum atomic E-state index is 13.6. The topological polar surface area (TPSA) is 29.5 Å². The first-order valence-corrected chi connectivity index (χ1v) is 6.57. The van der Waals surface area contributed by atoms with Crippen molar-refractivity contribution >= 4 is 23.6 Å². The van der Waals surface area contributed by atoms with Gasteiger partial charge in [-0.2, -0.15) is 17.6 Å². The zero-order valence-electron chi connectivity index (χ0n) is 10.6. The van der Waals surface area contributed by atoms with E-state index in [1.54, 1.807) is 0 Å². The van der Waals surface area contributed by atoms with E-state index < -0.39 is 17.9 Å². The lowest BCUT2D eigenvalue weighted by Crippen LogP contribution is -2.51. The van der Waals surface area contributed by atoms with Crippen molar-refractivity contribution in [3.05, 3.63) is 29.8 Å². The van der Waals surface area contributed by atoms with Crippen molar-refractivity contribution in [3.8, 4) is 11.8 Å². The Kier molecular flexibility index (Phi) is 3.06. The molecule has 1 aliphatic carbocycles. The quantitative estimate of drug-likeness (QED) is 0.535. The SMILES string of the molecule is O=C1OC(C#CC2CC2)(C(F)(F)F)c2ccccc2N1Cl. The van der Waals surface area contributed by atoms with Gasteiger partial charge in [0.15, 0.2) is 0 Å². The molecule has 1 atom stereocenters. The average Bonchev–Trinajstić information content (AvgIpc) is 3.24. The Morgan fingerprint density at radius 1 is 1.33 bits per heavy atom. The molecule has 3 nitrogen and oxygen atoms in total. The number of hydrogen-bond acceptors (Lipinski definition) is 2. The summed E-state index contributed by atoms with van der Waals surface area (Å²) >= 11 is 5.69. The summed E-state index contributed by atoms with van der Waals surface area (Å²) in [5.41, 5.74) is -3.31. The summed E-state index contributed by atoms with van der Waals surface area (Å²) in [6, 6.07) is 5.44. The number of amides is 1. The van der Waals surface area contributed by atoms with Gasteiger partial charge < -0.3 is 4.74 Å². The Hall–Kier alpha value is -1.87. The minimum Gasteiger partial charge on any atom is -0.414 e. The molecule has 1 heterocycles. The van der Waals surface area contributed by atoms with Crippen molar-refractivity contribution in [3.63, 3.8) is 0 Å². The molecule has 0 N–H and O–H groups in total. The Labute approximate surface area is 123 Å². The molecule has 2 aliphatic rings. The maximum absolute atomic E-state index is 13.6. The molecule has 1 unspecified atom stereocenters. The number of benzene rings is 1. The molecule has 21 heavy (non-hydrogen) atoms. The van der Waals surface area contributed by atoms with Crippen molar-refractivity contribution in [2.45, 2.75) is 24.6 Å². The lowest BCUT2D eigenvalue weighted by atomic mass is 9.90. The summed E-state index contributed by atoms with van der Waals surface area (Å²) < 4.78 is 46.0. The van der Waals surface area contributed by atoms with Crippen molar-refractivity contribution in [1.29, 1.82) is 0 Å². The molecule has 7 heteroatoms. The van der Waals surface area contributed by atoms with Gasteiger partial charge in [0.2, 0.25) is 0 Å². The smallest absolute Gasteiger partial charge is 0.414 e. The van der Waals surface area contributed by atoms with Crippen LogP contribution < -0.4 is 4.42 Å². The number of fused-ring (bicyclic) bond motifs is 1. The molecule has 3 rings (SSSR count). The van der Waals surface area contributed by atoms with Gasteiger partial charge in [0.05, 0.1) is 5.69 Å². The minimum absolute atomic E-state index is 0.0656. The molecule has 1 aromatic rings. The first-order valence-electron chi connectivity index (χ1n) is 6.23. The first kappa shape index (κ1) is 14.1. The second-order valence-corrected chi connectivity index (χ2v) is 5.23. The van der Waals surface area contributed by atoms with E-state index in [1.165, 1.54) is 24.3 Å². The van der Waals surface area contributed by atoms with Gasteiger partial charge in [-0.15, -0.1) is 0 Å². The fourth-order valence-electron chi connectivity index (χ4n) is 2.07. The first-order chi connectivity index (χ1) is 9.85. The highest BCUT2D eigenvalue weighted by molar-refractivity contribution is 6.36. The van der Waals surface area contributed by atoms with Gasteiger partial charge in [-0.25, -0.2) is 4.79 Å². The van der Waals surface area contributed by atoms with Crippen LogP contribution in [0.2, 0.25) is 0 Å². The largest absolute Gasteiger partial charge is 0.445 e. The number of para-hydroxylation sites is 1. The number of halogens is 4. The summed E-state index contributed by atoms with van der Waals surface area (Å²) in [6.07, 6.45) is -4.63. The number of ether oxygens (including phenoxy) is 1. The lowest BCUT2D eigenvalue weighted by molar-refractivity contribution is -0.240. The highest BCUT2D eigenvalue weighted by atomic mass is 35.5. The minimum atomic E-state index is -4.86. The van der Waals surface area contributed by atoms with E-state index in [0.29, 0.717) is 4.42 Å². The molecule has 1 fully saturated rings. The van der Waals surface area contributed by atoms with Gasteiger partial charge in [0, 0.05) is 23.3 Å². The van der Waals surface area contributed by atoms with E-state index in [4.69, 9.17) is 11.8 Å². The van der Waals surface area contributed by atoms with Crippen LogP contribution in [0.5, 0.6) is 0 Å². The molecule has 1 aromatic carbocycles. The number of nitrogens with zero attached hydrogens (tertiary/aromatic N) is 1. The second-order valence-electron chi connectivity index (χ2n) is 4.89. The number of rotatable bonds is 0. The highest BCUT2D eigenvalue weighted by Gasteiger charge is 2.63. The number of anilines is 1. The fraction of sp³-hybridized carbons (Fsp3) is 0.357. The van der Waals surface area contributed by atoms with Crippen molar-refractivity contribution < 1.29 is 22.7 Å². The number of carbonyl (C=O) groups is 1. The molecule has 0 radical (unpaired) electrons. The number of alkyl halides is 3. The summed E-state index contributed by atoms with van der Waals surface area (Å²) in [4.78, 5) is 11.7. The zero-order chi connectivity index (χ0) is 15.3. The van der Waals surface area contributed by atoms with E-state index >= 15 is 0 Å². The molecular formula is C14H9ClF3NO2. The van der Waals surface area contributed by atoms with Crippen LogP contribution in [0.1, 0.15) is 18.4 Å². The zero-order valence-corrected chi connectivity index (χ0v) is 11.3. The highest BCUT2D eigenvalue weighted by Crippen LogP contribution is 2.49. The Morgan fingerprint density at radius 3 is 2.62 bits per heavy atom. The fourth-order valence-corrected chi connectivity index (χ4v) is 2.25. The molecule has 0 spiro atoms. The molecule has 1 aliphatic heterocycles. The summed E-state index contributed by atoms with van der Waals surface area (Å²) in [5.74, 6) is 4.62. The van der Waals surface area contributed by atoms with Crippen LogP contribution in [-0.2, 0) is 10.3 Å². The molecule has 0 bridgehead atoms.